The summed E-state index contributed by atoms with van der Waals surface area (Å²) in [4.78, 5) is 8.09. The van der Waals surface area contributed by atoms with E-state index >= 15 is 0 Å². The summed E-state index contributed by atoms with van der Waals surface area (Å²) in [5.41, 5.74) is 0. The van der Waals surface area contributed by atoms with Crippen molar-refractivity contribution in [2.75, 3.05) is 17.3 Å². The molecule has 16 heavy (non-hydrogen) atoms. The van der Waals surface area contributed by atoms with Gasteiger partial charge in [0.25, 0.3) is 0 Å². The standard InChI is InChI=1S/C9H14BrN3O2S/c1-7(3-4-16(2,14)15)13-9-11-5-8(10)6-12-9/h5-7H,3-4H2,1-2H3,(H,11,12,13). The van der Waals surface area contributed by atoms with E-state index in [2.05, 4.69) is 31.2 Å². The average Bonchev–Trinajstić information content (AvgIpc) is 2.18. The molecule has 0 saturated carbocycles. The fraction of sp³-hybridized carbons (Fsp3) is 0.556. The third-order valence-corrected chi connectivity index (χ3v) is 3.30. The van der Waals surface area contributed by atoms with Crippen molar-refractivity contribution in [3.05, 3.63) is 16.9 Å². The van der Waals surface area contributed by atoms with E-state index in [1.807, 2.05) is 6.92 Å². The largest absolute Gasteiger partial charge is 0.352 e. The number of nitrogens with one attached hydrogen (secondary N) is 1. The molecule has 0 aliphatic heterocycles. The van der Waals surface area contributed by atoms with Crippen LogP contribution in [0, 0.1) is 0 Å². The van der Waals surface area contributed by atoms with Crippen LogP contribution in [0.5, 0.6) is 0 Å². The summed E-state index contributed by atoms with van der Waals surface area (Å²) in [6, 6.07) is 0.0240. The summed E-state index contributed by atoms with van der Waals surface area (Å²) < 4.78 is 22.7. The lowest BCUT2D eigenvalue weighted by molar-refractivity contribution is 0.595. The van der Waals surface area contributed by atoms with Gasteiger partial charge in [0.05, 0.1) is 10.2 Å². The lowest BCUT2D eigenvalue weighted by Gasteiger charge is -2.12. The molecule has 0 amide bonds. The van der Waals surface area contributed by atoms with Crippen molar-refractivity contribution in [3.8, 4) is 0 Å². The van der Waals surface area contributed by atoms with Gasteiger partial charge in [0.1, 0.15) is 9.84 Å². The lowest BCUT2D eigenvalue weighted by atomic mass is 10.3. The highest BCUT2D eigenvalue weighted by Gasteiger charge is 2.08. The van der Waals surface area contributed by atoms with Crippen LogP contribution < -0.4 is 5.32 Å². The first-order valence-corrected chi connectivity index (χ1v) is 7.64. The van der Waals surface area contributed by atoms with E-state index in [1.165, 1.54) is 6.26 Å². The zero-order chi connectivity index (χ0) is 12.2. The number of rotatable bonds is 5. The molecule has 0 aliphatic carbocycles. The highest BCUT2D eigenvalue weighted by atomic mass is 79.9. The number of anilines is 1. The monoisotopic (exact) mass is 307 g/mol. The maximum atomic E-state index is 11.0. The topological polar surface area (TPSA) is 72.0 Å². The van der Waals surface area contributed by atoms with Gasteiger partial charge in [-0.25, -0.2) is 18.4 Å². The number of sulfone groups is 1. The summed E-state index contributed by atoms with van der Waals surface area (Å²) in [6.07, 6.45) is 5.05. The minimum atomic E-state index is -2.91. The second-order valence-electron chi connectivity index (χ2n) is 3.69. The minimum Gasteiger partial charge on any atom is -0.352 e. The van der Waals surface area contributed by atoms with Crippen molar-refractivity contribution in [2.45, 2.75) is 19.4 Å². The molecule has 5 nitrogen and oxygen atoms in total. The van der Waals surface area contributed by atoms with E-state index in [9.17, 15) is 8.42 Å². The molecule has 1 unspecified atom stereocenters. The number of hydrogen-bond acceptors (Lipinski definition) is 5. The molecule has 1 N–H and O–H groups in total. The Morgan fingerprint density at radius 2 is 2.00 bits per heavy atom. The van der Waals surface area contributed by atoms with E-state index < -0.39 is 9.84 Å². The summed E-state index contributed by atoms with van der Waals surface area (Å²) in [5.74, 6) is 0.668. The molecule has 0 saturated heterocycles. The van der Waals surface area contributed by atoms with E-state index in [-0.39, 0.29) is 11.8 Å². The Bertz CT molecular complexity index is 433. The predicted molar refractivity (Wildman–Crippen MR) is 67.1 cm³/mol. The van der Waals surface area contributed by atoms with Gasteiger partial charge in [-0.05, 0) is 29.3 Å². The Balaban J connectivity index is 2.45. The van der Waals surface area contributed by atoms with Gasteiger partial charge in [0, 0.05) is 24.7 Å². The Kier molecular flexibility index (Phi) is 4.67. The van der Waals surface area contributed by atoms with E-state index in [0.29, 0.717) is 12.4 Å². The third kappa shape index (κ3) is 5.41. The molecule has 1 atom stereocenters. The van der Waals surface area contributed by atoms with Crippen LogP contribution in [0.25, 0.3) is 0 Å². The molecule has 0 radical (unpaired) electrons. The molecule has 1 aromatic heterocycles. The smallest absolute Gasteiger partial charge is 0.222 e. The zero-order valence-electron chi connectivity index (χ0n) is 9.14. The van der Waals surface area contributed by atoms with E-state index in [1.54, 1.807) is 12.4 Å². The molecule has 1 rings (SSSR count). The predicted octanol–water partition coefficient (Wildman–Crippen LogP) is 1.47. The Morgan fingerprint density at radius 1 is 1.44 bits per heavy atom. The van der Waals surface area contributed by atoms with E-state index in [0.717, 1.165) is 4.47 Å². The highest BCUT2D eigenvalue weighted by Crippen LogP contribution is 2.08. The van der Waals surface area contributed by atoms with Crippen LogP contribution in [0.4, 0.5) is 5.95 Å². The number of aromatic nitrogens is 2. The second-order valence-corrected chi connectivity index (χ2v) is 6.86. The van der Waals surface area contributed by atoms with Crippen molar-refractivity contribution >= 4 is 31.7 Å². The van der Waals surface area contributed by atoms with Crippen LogP contribution in [0.3, 0.4) is 0 Å². The van der Waals surface area contributed by atoms with Crippen LogP contribution in [0.15, 0.2) is 16.9 Å². The van der Waals surface area contributed by atoms with E-state index in [4.69, 9.17) is 0 Å². The summed E-state index contributed by atoms with van der Waals surface area (Å²) in [5, 5.41) is 3.03. The molecule has 0 aliphatic rings. The molecule has 90 valence electrons. The van der Waals surface area contributed by atoms with Gasteiger partial charge < -0.3 is 5.32 Å². The lowest BCUT2D eigenvalue weighted by Crippen LogP contribution is -2.20. The summed E-state index contributed by atoms with van der Waals surface area (Å²) >= 11 is 3.24. The molecule has 0 aromatic carbocycles. The van der Waals surface area contributed by atoms with Crippen molar-refractivity contribution in [1.29, 1.82) is 0 Å². The first kappa shape index (κ1) is 13.4. The molecule has 1 heterocycles. The van der Waals surface area contributed by atoms with Gasteiger partial charge in [-0.2, -0.15) is 0 Å². The van der Waals surface area contributed by atoms with Gasteiger partial charge in [-0.1, -0.05) is 0 Å². The van der Waals surface area contributed by atoms with Crippen molar-refractivity contribution in [3.63, 3.8) is 0 Å². The summed E-state index contributed by atoms with van der Waals surface area (Å²) in [7, 11) is -2.91. The Morgan fingerprint density at radius 3 is 2.50 bits per heavy atom. The van der Waals surface area contributed by atoms with Crippen molar-refractivity contribution < 1.29 is 8.42 Å². The van der Waals surface area contributed by atoms with Gasteiger partial charge in [-0.3, -0.25) is 0 Å². The van der Waals surface area contributed by atoms with Crippen LogP contribution in [0.1, 0.15) is 13.3 Å². The van der Waals surface area contributed by atoms with Crippen LogP contribution >= 0.6 is 15.9 Å². The summed E-state index contributed by atoms with van der Waals surface area (Å²) in [6.45, 7) is 1.90. The quantitative estimate of drug-likeness (QED) is 0.892. The van der Waals surface area contributed by atoms with Crippen LogP contribution in [-0.4, -0.2) is 36.4 Å². The molecule has 7 heteroatoms. The fourth-order valence-electron chi connectivity index (χ4n) is 1.07. The minimum absolute atomic E-state index is 0.0240. The highest BCUT2D eigenvalue weighted by molar-refractivity contribution is 9.10. The molecular weight excluding hydrogens is 294 g/mol. The van der Waals surface area contributed by atoms with Crippen LogP contribution in [0.2, 0.25) is 0 Å². The number of nitrogens with zero attached hydrogens (tertiary/aromatic N) is 2. The van der Waals surface area contributed by atoms with Gasteiger partial charge >= 0.3 is 0 Å². The maximum absolute atomic E-state index is 11.0. The first-order chi connectivity index (χ1) is 7.37. The number of halogens is 1. The molecular formula is C9H14BrN3O2S. The zero-order valence-corrected chi connectivity index (χ0v) is 11.5. The molecule has 0 fully saturated rings. The van der Waals surface area contributed by atoms with Gasteiger partial charge in [0.2, 0.25) is 5.95 Å². The fourth-order valence-corrected chi connectivity index (χ4v) is 2.06. The number of hydrogen-bond donors (Lipinski definition) is 1. The maximum Gasteiger partial charge on any atom is 0.222 e. The molecule has 0 spiro atoms. The Labute approximate surface area is 104 Å². The third-order valence-electron chi connectivity index (χ3n) is 1.92. The first-order valence-electron chi connectivity index (χ1n) is 4.78. The normalized spacial score (nSPS) is 13.4. The average molecular weight is 308 g/mol. The second kappa shape index (κ2) is 5.58. The van der Waals surface area contributed by atoms with Gasteiger partial charge in [0.15, 0.2) is 0 Å². The van der Waals surface area contributed by atoms with Crippen LogP contribution in [-0.2, 0) is 9.84 Å². The van der Waals surface area contributed by atoms with Crippen molar-refractivity contribution in [1.82, 2.24) is 9.97 Å². The van der Waals surface area contributed by atoms with Gasteiger partial charge in [-0.15, -0.1) is 0 Å². The molecule has 0 bridgehead atoms. The molecule has 1 aromatic rings. The van der Waals surface area contributed by atoms with Crippen molar-refractivity contribution in [2.24, 2.45) is 0 Å². The SMILES string of the molecule is CC(CCS(C)(=O)=O)Nc1ncc(Br)cn1. The Hall–Kier alpha value is -0.690.